The molecule has 2 heterocycles. The lowest BCUT2D eigenvalue weighted by molar-refractivity contribution is -0.201. The molecule has 0 aromatic heterocycles. The van der Waals surface area contributed by atoms with Crippen LogP contribution in [0.3, 0.4) is 0 Å². The molecular weight excluding hydrogens is 356 g/mol. The Hall–Kier alpha value is -2.86. The first kappa shape index (κ1) is 21.2. The van der Waals surface area contributed by atoms with E-state index in [2.05, 4.69) is 9.68 Å². The number of aliphatic hydroxyl groups excluding tert-OH is 2. The Kier molecular flexibility index (Phi) is 8.31. The van der Waals surface area contributed by atoms with Gasteiger partial charge in [-0.1, -0.05) is 0 Å². The first-order valence-corrected chi connectivity index (χ1v) is 7.65. The van der Waals surface area contributed by atoms with Crippen molar-refractivity contribution in [3.8, 4) is 0 Å². The molecule has 0 unspecified atom stereocenters. The summed E-state index contributed by atoms with van der Waals surface area (Å²) in [5, 5.41) is 16.0. The molecule has 12 heteroatoms. The van der Waals surface area contributed by atoms with Gasteiger partial charge in [0.15, 0.2) is 0 Å². The van der Waals surface area contributed by atoms with Gasteiger partial charge in [-0.25, -0.2) is 9.59 Å². The van der Waals surface area contributed by atoms with Crippen LogP contribution in [0.2, 0.25) is 0 Å². The number of hydrogen-bond acceptors (Lipinski definition) is 10. The maximum Gasteiger partial charge on any atom is 0.333 e. The van der Waals surface area contributed by atoms with Crippen LogP contribution >= 0.6 is 0 Å². The van der Waals surface area contributed by atoms with Crippen LogP contribution in [-0.2, 0) is 38.4 Å². The number of aliphatic hydroxyl groups is 2. The van der Waals surface area contributed by atoms with E-state index < -0.39 is 48.4 Å². The van der Waals surface area contributed by atoms with Gasteiger partial charge in [-0.3, -0.25) is 19.2 Å². The van der Waals surface area contributed by atoms with E-state index in [1.54, 1.807) is 0 Å². The van der Waals surface area contributed by atoms with Crippen molar-refractivity contribution in [3.63, 3.8) is 0 Å². The highest BCUT2D eigenvalue weighted by atomic mass is 16.7. The molecule has 2 rings (SSSR count). The van der Waals surface area contributed by atoms with Gasteiger partial charge in [0.25, 0.3) is 23.6 Å². The average Bonchev–Trinajstić information content (AvgIpc) is 3.10. The van der Waals surface area contributed by atoms with Gasteiger partial charge in [0.2, 0.25) is 0 Å². The van der Waals surface area contributed by atoms with Crippen LogP contribution in [0.5, 0.6) is 0 Å². The summed E-state index contributed by atoms with van der Waals surface area (Å²) < 4.78 is 0. The number of amides is 4. The van der Waals surface area contributed by atoms with Crippen molar-refractivity contribution >= 4 is 35.6 Å². The summed E-state index contributed by atoms with van der Waals surface area (Å²) in [4.78, 5) is 76.8. The van der Waals surface area contributed by atoms with Gasteiger partial charge in [-0.2, -0.15) is 0 Å². The topological polar surface area (TPSA) is 168 Å². The molecule has 2 saturated heterocycles. The molecule has 2 aliphatic rings. The number of hydroxylamine groups is 4. The third-order valence-corrected chi connectivity index (χ3v) is 3.03. The molecule has 0 spiro atoms. The molecule has 2 fully saturated rings. The number of imide groups is 2. The Balaban J connectivity index is 0.000000765. The van der Waals surface area contributed by atoms with E-state index >= 15 is 0 Å². The van der Waals surface area contributed by atoms with E-state index in [0.29, 0.717) is 10.1 Å². The summed E-state index contributed by atoms with van der Waals surface area (Å²) in [7, 11) is 0. The first-order valence-electron chi connectivity index (χ1n) is 7.65. The molecule has 12 nitrogen and oxygen atoms in total. The minimum Gasteiger partial charge on any atom is -0.394 e. The summed E-state index contributed by atoms with van der Waals surface area (Å²) in [6.45, 7) is -0.250. The number of carbonyl (C=O) groups is 6. The fourth-order valence-electron chi connectivity index (χ4n) is 1.81. The predicted octanol–water partition coefficient (Wildman–Crippen LogP) is -2.05. The summed E-state index contributed by atoms with van der Waals surface area (Å²) in [5.74, 6) is -4.47. The number of carbonyl (C=O) groups excluding carboxylic acids is 6. The zero-order chi connectivity index (χ0) is 19.7. The molecule has 2 N–H and O–H groups in total. The summed E-state index contributed by atoms with van der Waals surface area (Å²) in [6.07, 6.45) is -1.07. The molecule has 26 heavy (non-hydrogen) atoms. The number of nitrogens with zero attached hydrogens (tertiary/aromatic N) is 2. The zero-order valence-electron chi connectivity index (χ0n) is 13.7. The molecule has 0 bridgehead atoms. The van der Waals surface area contributed by atoms with Crippen LogP contribution in [-0.4, -0.2) is 69.1 Å². The predicted molar refractivity (Wildman–Crippen MR) is 77.8 cm³/mol. The minimum atomic E-state index is -0.973. The van der Waals surface area contributed by atoms with Gasteiger partial charge >= 0.3 is 11.9 Å². The van der Waals surface area contributed by atoms with Crippen molar-refractivity contribution in [2.45, 2.75) is 38.5 Å². The van der Waals surface area contributed by atoms with Crippen molar-refractivity contribution in [1.29, 1.82) is 0 Å². The van der Waals surface area contributed by atoms with Gasteiger partial charge < -0.3 is 19.9 Å². The lowest BCUT2D eigenvalue weighted by atomic mass is 10.3. The van der Waals surface area contributed by atoms with Crippen molar-refractivity contribution in [2.75, 3.05) is 13.2 Å². The van der Waals surface area contributed by atoms with Gasteiger partial charge in [-0.05, 0) is 0 Å². The quantitative estimate of drug-likeness (QED) is 0.494. The van der Waals surface area contributed by atoms with E-state index in [1.165, 1.54) is 0 Å². The second kappa shape index (κ2) is 10.2. The van der Waals surface area contributed by atoms with Crippen LogP contribution < -0.4 is 0 Å². The Bertz CT molecular complexity index is 519. The van der Waals surface area contributed by atoms with Gasteiger partial charge in [0, 0.05) is 25.7 Å². The highest BCUT2D eigenvalue weighted by Crippen LogP contribution is 2.14. The van der Waals surface area contributed by atoms with Crippen molar-refractivity contribution in [3.05, 3.63) is 0 Å². The molecule has 0 radical (unpaired) electrons. The Morgan fingerprint density at radius 3 is 1.19 bits per heavy atom. The fraction of sp³-hybridized carbons (Fsp3) is 0.571. The maximum absolute atomic E-state index is 11.4. The lowest BCUT2D eigenvalue weighted by Gasteiger charge is -2.13. The molecule has 2 aliphatic heterocycles. The van der Waals surface area contributed by atoms with Crippen LogP contribution in [0, 0.1) is 0 Å². The Morgan fingerprint density at radius 1 is 0.692 bits per heavy atom. The molecule has 0 aromatic rings. The second-order valence-electron chi connectivity index (χ2n) is 5.04. The van der Waals surface area contributed by atoms with E-state index in [1.807, 2.05) is 0 Å². The Labute approximate surface area is 147 Å². The molecule has 0 aliphatic carbocycles. The van der Waals surface area contributed by atoms with Crippen molar-refractivity contribution in [1.82, 2.24) is 10.1 Å². The summed E-state index contributed by atoms with van der Waals surface area (Å²) in [5.41, 5.74) is 0. The second-order valence-corrected chi connectivity index (χ2v) is 5.04. The molecule has 4 amide bonds. The monoisotopic (exact) mass is 374 g/mol. The van der Waals surface area contributed by atoms with Gasteiger partial charge in [0.1, 0.15) is 0 Å². The molecule has 144 valence electrons. The summed E-state index contributed by atoms with van der Waals surface area (Å²) in [6, 6.07) is 0. The third-order valence-electron chi connectivity index (χ3n) is 3.03. The van der Waals surface area contributed by atoms with Crippen molar-refractivity contribution < 1.29 is 48.7 Å². The molecule has 0 aromatic carbocycles. The van der Waals surface area contributed by atoms with Crippen LogP contribution in [0.4, 0.5) is 0 Å². The van der Waals surface area contributed by atoms with E-state index in [-0.39, 0.29) is 38.9 Å². The third kappa shape index (κ3) is 6.22. The van der Waals surface area contributed by atoms with Crippen LogP contribution in [0.25, 0.3) is 0 Å². The van der Waals surface area contributed by atoms with E-state index in [9.17, 15) is 28.8 Å². The minimum absolute atomic E-state index is 0.0344. The molecular formula is C14H18N2O10. The van der Waals surface area contributed by atoms with Gasteiger partial charge in [0.05, 0.1) is 26.1 Å². The van der Waals surface area contributed by atoms with Crippen molar-refractivity contribution in [2.24, 2.45) is 0 Å². The number of rotatable bonds is 6. The van der Waals surface area contributed by atoms with Gasteiger partial charge in [-0.15, -0.1) is 10.1 Å². The average molecular weight is 374 g/mol. The lowest BCUT2D eigenvalue weighted by Crippen LogP contribution is -2.33. The highest BCUT2D eigenvalue weighted by molar-refractivity contribution is 6.02. The standard InChI is InChI=1S/C12H12N2O8.C2H6O2/c15-7-1-2-8(16)13(7)21-11(19)5-6-12(20)22-14-9(17)3-4-10(14)18;3-1-2-4/h1-6H2;3-4H,1-2H2. The molecule has 0 saturated carbocycles. The maximum atomic E-state index is 11.4. The smallest absolute Gasteiger partial charge is 0.333 e. The molecule has 0 atom stereocenters. The zero-order valence-corrected chi connectivity index (χ0v) is 13.7. The van der Waals surface area contributed by atoms with E-state index in [4.69, 9.17) is 10.2 Å². The van der Waals surface area contributed by atoms with Crippen LogP contribution in [0.15, 0.2) is 0 Å². The normalized spacial score (nSPS) is 16.5. The number of hydrogen-bond donors (Lipinski definition) is 2. The summed E-state index contributed by atoms with van der Waals surface area (Å²) >= 11 is 0. The Morgan fingerprint density at radius 2 is 0.962 bits per heavy atom. The first-order chi connectivity index (χ1) is 12.3. The van der Waals surface area contributed by atoms with Crippen LogP contribution in [0.1, 0.15) is 38.5 Å². The highest BCUT2D eigenvalue weighted by Gasteiger charge is 2.34. The fourth-order valence-corrected chi connectivity index (χ4v) is 1.81. The van der Waals surface area contributed by atoms with E-state index in [0.717, 1.165) is 0 Å². The largest absolute Gasteiger partial charge is 0.394 e. The SMILES string of the molecule is O=C(CCC(=O)ON1C(=O)CCC1=O)ON1C(=O)CCC1=O.OCCO.